The van der Waals surface area contributed by atoms with Crippen molar-refractivity contribution in [3.63, 3.8) is 0 Å². The van der Waals surface area contributed by atoms with Crippen molar-refractivity contribution in [2.24, 2.45) is 46.4 Å². The maximum absolute atomic E-state index is 15.6. The molecule has 13 atom stereocenters. The van der Waals surface area contributed by atoms with Gasteiger partial charge in [-0.3, -0.25) is 68.4 Å². The van der Waals surface area contributed by atoms with Crippen LogP contribution < -0.4 is 31.9 Å². The second-order valence-electron chi connectivity index (χ2n) is 32.5. The molecule has 1 fully saturated rings. The topological polar surface area (TPSA) is 368 Å². The summed E-state index contributed by atoms with van der Waals surface area (Å²) in [6, 6.07) is -13.4. The van der Waals surface area contributed by atoms with E-state index in [9.17, 15) is 33.9 Å². The van der Waals surface area contributed by atoms with Crippen molar-refractivity contribution in [3.8, 4) is 0 Å². The van der Waals surface area contributed by atoms with Crippen molar-refractivity contribution in [2.45, 2.75) is 281 Å². The molecule has 106 heavy (non-hydrogen) atoms. The number of aliphatic hydroxyl groups is 1. The van der Waals surface area contributed by atoms with Gasteiger partial charge in [0.1, 0.15) is 71.6 Å². The summed E-state index contributed by atoms with van der Waals surface area (Å²) >= 11 is 0.873. The number of nitrogens with zero attached hydrogens (tertiary/aromatic N) is 8. The number of hydrogen-bond donors (Lipinski definition) is 7. The maximum atomic E-state index is 15.6. The molecule has 0 aliphatic carbocycles. The number of amides is 13. The van der Waals surface area contributed by atoms with Gasteiger partial charge in [0.2, 0.25) is 65.0 Å². The highest BCUT2D eigenvalue weighted by Crippen LogP contribution is 2.28. The molecule has 0 radical (unpaired) electrons. The molecule has 0 aromatic carbocycles. The van der Waals surface area contributed by atoms with Gasteiger partial charge >= 0.3 is 12.2 Å². The molecule has 1 aliphatic rings. The monoisotopic (exact) mass is 1520 g/mol. The molecule has 1 saturated heterocycles. The van der Waals surface area contributed by atoms with Gasteiger partial charge < -0.3 is 70.1 Å². The Kier molecular flexibility index (Phi) is 39.5. The number of allylic oxidation sites excluding steroid dienone is 2. The van der Waals surface area contributed by atoms with Crippen LogP contribution in [0.2, 0.25) is 0 Å². The van der Waals surface area contributed by atoms with Gasteiger partial charge in [-0.05, 0) is 142 Å². The highest BCUT2D eigenvalue weighted by molar-refractivity contribution is 8.00. The van der Waals surface area contributed by atoms with E-state index in [2.05, 4.69) is 36.9 Å². The molecular weight excluding hydrogens is 1380 g/mol. The average Bonchev–Trinajstić information content (AvgIpc) is 0.801. The van der Waals surface area contributed by atoms with Crippen molar-refractivity contribution in [1.29, 1.82) is 0 Å². The Labute approximate surface area is 636 Å². The summed E-state index contributed by atoms with van der Waals surface area (Å²) in [4.78, 5) is 204. The second-order valence-corrected chi connectivity index (χ2v) is 33.7. The molecule has 1 aliphatic heterocycles. The van der Waals surface area contributed by atoms with Crippen molar-refractivity contribution in [3.05, 3.63) is 12.2 Å². The summed E-state index contributed by atoms with van der Waals surface area (Å²) in [5.41, 5.74) is -1.94. The minimum Gasteiger partial charge on any atom is -0.444 e. The van der Waals surface area contributed by atoms with E-state index in [0.29, 0.717) is 0 Å². The molecule has 3 unspecified atom stereocenters. The summed E-state index contributed by atoms with van der Waals surface area (Å²) in [5.74, 6) is -11.7. The largest absolute Gasteiger partial charge is 0.444 e. The fourth-order valence-corrected chi connectivity index (χ4v) is 13.2. The van der Waals surface area contributed by atoms with Crippen LogP contribution in [0.1, 0.15) is 198 Å². The van der Waals surface area contributed by atoms with Crippen molar-refractivity contribution in [1.82, 2.24) is 66.2 Å². The van der Waals surface area contributed by atoms with Crippen LogP contribution >= 0.6 is 11.8 Å². The highest BCUT2D eigenvalue weighted by atomic mass is 32.2. The van der Waals surface area contributed by atoms with Gasteiger partial charge in [0.25, 0.3) is 5.91 Å². The zero-order valence-electron chi connectivity index (χ0n) is 69.3. The summed E-state index contributed by atoms with van der Waals surface area (Å²) < 4.78 is 10.9. The normalized spacial score (nSPS) is 24.7. The SMILES string of the molecule is C/C=C/C[C@@H](C)[C@@H](O)C1C(=O)N[C@@H](CC)C(=O)N(C)C(SCCN=C(NC(=O)OC(C)(C)C)NC(=O)OC(C)(C)C)C(=O)N(C)[C@@H](CC(C)C)C(=O)N[C@@H](C(C)C)C(=O)N(C)C(CC(C)C)C(=O)N[C@@H](C)C(=O)N[C@H](C)C(=O)N(C)[C@@H](CC(C)C)C(=O)N(C)[C@@H](CC(C)C)C(=O)N(C)[C@H](C(C)C)C(=O)N1C. The Balaban J connectivity index is 4.70. The molecule has 1 heterocycles. The second kappa shape index (κ2) is 43.4. The molecule has 606 valence electrons. The van der Waals surface area contributed by atoms with E-state index in [1.54, 1.807) is 102 Å². The van der Waals surface area contributed by atoms with Crippen molar-refractivity contribution >= 4 is 94.9 Å². The number of likely N-dealkylation sites (N-methyl/N-ethyl adjacent to an activating group) is 7. The van der Waals surface area contributed by atoms with E-state index in [4.69, 9.17) is 9.47 Å². The van der Waals surface area contributed by atoms with Crippen LogP contribution in [-0.4, -0.2) is 267 Å². The van der Waals surface area contributed by atoms with Gasteiger partial charge in [-0.1, -0.05) is 109 Å². The van der Waals surface area contributed by atoms with Gasteiger partial charge in [0.15, 0.2) is 5.37 Å². The lowest BCUT2D eigenvalue weighted by molar-refractivity contribution is -0.157. The average molecular weight is 1520 g/mol. The smallest absolute Gasteiger partial charge is 0.414 e. The lowest BCUT2D eigenvalue weighted by Gasteiger charge is -2.41. The Morgan fingerprint density at radius 1 is 0.500 bits per heavy atom. The summed E-state index contributed by atoms with van der Waals surface area (Å²) in [7, 11) is 9.68. The Hall–Kier alpha value is -7.57. The number of alkyl carbamates (subject to hydrolysis) is 2. The van der Waals surface area contributed by atoms with E-state index in [0.717, 1.165) is 26.5 Å². The minimum absolute atomic E-state index is 0.0149. The fraction of sp³-hybridized carbons (Fsp3) is 0.787. The molecule has 0 aromatic heterocycles. The Morgan fingerprint density at radius 3 is 1.33 bits per heavy atom. The van der Waals surface area contributed by atoms with Crippen LogP contribution in [0.5, 0.6) is 0 Å². The molecule has 0 aromatic rings. The van der Waals surface area contributed by atoms with Crippen molar-refractivity contribution in [2.75, 3.05) is 61.6 Å². The van der Waals surface area contributed by atoms with Gasteiger partial charge in [-0.25, -0.2) is 9.59 Å². The van der Waals surface area contributed by atoms with E-state index < -0.39 is 178 Å². The van der Waals surface area contributed by atoms with Gasteiger partial charge in [0, 0.05) is 55.1 Å². The molecule has 0 spiro atoms. The molecular formula is C75H134N14O16S. The quantitative estimate of drug-likeness (QED) is 0.0351. The van der Waals surface area contributed by atoms with Crippen LogP contribution in [0.15, 0.2) is 17.1 Å². The number of carbonyl (C=O) groups is 13. The third kappa shape index (κ3) is 29.9. The zero-order valence-corrected chi connectivity index (χ0v) is 70.2. The number of hydrogen-bond acceptors (Lipinski definition) is 18. The van der Waals surface area contributed by atoms with Crippen LogP contribution in [0.3, 0.4) is 0 Å². The molecule has 30 nitrogen and oxygen atoms in total. The molecule has 13 amide bonds. The zero-order chi connectivity index (χ0) is 82.2. The third-order valence-corrected chi connectivity index (χ3v) is 19.3. The summed E-state index contributed by atoms with van der Waals surface area (Å²) in [6.45, 7) is 38.9. The number of aliphatic imine (C=N–C) groups is 1. The van der Waals surface area contributed by atoms with Crippen LogP contribution in [-0.2, 0) is 62.2 Å². The first kappa shape index (κ1) is 96.4. The summed E-state index contributed by atoms with van der Waals surface area (Å²) in [6.07, 6.45) is 0.426. The number of rotatable bonds is 19. The van der Waals surface area contributed by atoms with E-state index in [1.165, 1.54) is 82.8 Å². The first-order valence-electron chi connectivity index (χ1n) is 37.2. The number of aliphatic hydroxyl groups excluding tert-OH is 1. The lowest BCUT2D eigenvalue weighted by Crippen LogP contribution is -2.64. The fourth-order valence-electron chi connectivity index (χ4n) is 12.1. The third-order valence-electron chi connectivity index (χ3n) is 18.1. The van der Waals surface area contributed by atoms with Gasteiger partial charge in [-0.2, -0.15) is 0 Å². The molecule has 31 heteroatoms. The van der Waals surface area contributed by atoms with E-state index in [1.807, 2.05) is 55.4 Å². The predicted molar refractivity (Wildman–Crippen MR) is 411 cm³/mol. The van der Waals surface area contributed by atoms with Gasteiger partial charge in [0.05, 0.1) is 12.6 Å². The summed E-state index contributed by atoms with van der Waals surface area (Å²) in [5, 5.41) is 26.7. The number of thioether (sulfide) groups is 1. The highest BCUT2D eigenvalue weighted by Gasteiger charge is 2.47. The van der Waals surface area contributed by atoms with Gasteiger partial charge in [-0.15, -0.1) is 11.8 Å². The minimum atomic E-state index is -1.73. The standard InChI is InChI=1S/C75H134N14O16S/c1-31-33-34-47(15)58(90)57-62(94)79-50(32-2)64(96)89(30)70(106-36-35-76-71(81-72(102)104-74(18,19)20)82-73(103)105-75(21,22)23)69(101)84(25)52(38-42(5)6)61(93)80-55(45(11)12)67(99)83(24)51(37-41(3)4)60(92)77-48(16)59(91)78-49(17)63(95)85(26)53(39-43(7)8)65(97)86(27)54(40-44(9)10)66(98)87(28)56(46(13)14)68(100)88(57)29/h31,33,41-58,70,90H,32,34-40H2,1-30H3,(H,77,92)(H,78,91)(H,79,94)(H,80,93)(H2,76,81,82,102,103)/b33-31+/t47-,48+,49-,50+,51?,52+,53+,54+,55+,56-,57?,58-,70?/m1/s1. The van der Waals surface area contributed by atoms with E-state index >= 15 is 33.6 Å². The number of nitrogens with one attached hydrogen (secondary N) is 6. The number of guanidine groups is 1. The van der Waals surface area contributed by atoms with Crippen molar-refractivity contribution < 1.29 is 76.9 Å². The first-order valence-corrected chi connectivity index (χ1v) is 38.3. The number of ether oxygens (including phenoxy) is 2. The molecule has 0 saturated carbocycles. The predicted octanol–water partition coefficient (Wildman–Crippen LogP) is 5.73. The molecule has 7 N–H and O–H groups in total. The maximum Gasteiger partial charge on any atom is 0.414 e. The first-order chi connectivity index (χ1) is 48.7. The van der Waals surface area contributed by atoms with Crippen LogP contribution in [0.4, 0.5) is 9.59 Å². The Morgan fingerprint density at radius 2 is 0.906 bits per heavy atom. The number of carbonyl (C=O) groups excluding carboxylic acids is 13. The Bertz CT molecular complexity index is 3020. The molecule has 0 bridgehead atoms. The van der Waals surface area contributed by atoms with Crippen LogP contribution in [0.25, 0.3) is 0 Å². The van der Waals surface area contributed by atoms with E-state index in [-0.39, 0.29) is 80.5 Å². The lowest BCUT2D eigenvalue weighted by atomic mass is 9.91. The van der Waals surface area contributed by atoms with Crippen LogP contribution in [0, 0.1) is 41.4 Å². The molecule has 1 rings (SSSR count).